The minimum absolute atomic E-state index is 0.594. The van der Waals surface area contributed by atoms with Gasteiger partial charge in [0.1, 0.15) is 5.82 Å². The Kier molecular flexibility index (Phi) is 6.83. The molecule has 8 nitrogen and oxygen atoms in total. The lowest BCUT2D eigenvalue weighted by Gasteiger charge is -2.26. The summed E-state index contributed by atoms with van der Waals surface area (Å²) in [6, 6.07) is 8.33. The van der Waals surface area contributed by atoms with Crippen LogP contribution in [0.1, 0.15) is 25.0 Å². The number of aryl methyl sites for hydroxylation is 1. The van der Waals surface area contributed by atoms with Gasteiger partial charge in [-0.15, -0.1) is 0 Å². The van der Waals surface area contributed by atoms with Crippen LogP contribution >= 0.6 is 0 Å². The van der Waals surface area contributed by atoms with Crippen molar-refractivity contribution in [2.45, 2.75) is 26.2 Å². The third-order valence-electron chi connectivity index (χ3n) is 6.16. The zero-order valence-corrected chi connectivity index (χ0v) is 19.2. The number of fused-ring (bicyclic) bond motifs is 1. The van der Waals surface area contributed by atoms with E-state index in [1.54, 1.807) is 6.20 Å². The van der Waals surface area contributed by atoms with Gasteiger partial charge in [-0.3, -0.25) is 9.88 Å². The van der Waals surface area contributed by atoms with Gasteiger partial charge in [0.2, 0.25) is 5.88 Å². The van der Waals surface area contributed by atoms with Crippen LogP contribution < -0.4 is 15.4 Å². The Labute approximate surface area is 194 Å². The average molecular weight is 449 g/mol. The van der Waals surface area contributed by atoms with Gasteiger partial charge < -0.3 is 20.1 Å². The molecule has 3 aromatic rings. The third-order valence-corrected chi connectivity index (χ3v) is 6.16. The zero-order valence-electron chi connectivity index (χ0n) is 19.2. The van der Waals surface area contributed by atoms with Crippen molar-refractivity contribution >= 4 is 28.1 Å². The van der Waals surface area contributed by atoms with Crippen LogP contribution in [-0.2, 0) is 4.74 Å². The Morgan fingerprint density at radius 1 is 1.12 bits per heavy atom. The second kappa shape index (κ2) is 10.3. The van der Waals surface area contributed by atoms with Gasteiger partial charge in [-0.05, 0) is 56.2 Å². The zero-order chi connectivity index (χ0) is 22.5. The summed E-state index contributed by atoms with van der Waals surface area (Å²) in [5, 5.41) is 9.09. The van der Waals surface area contributed by atoms with Crippen molar-refractivity contribution in [3.63, 3.8) is 0 Å². The second-order valence-electron chi connectivity index (χ2n) is 8.86. The Morgan fingerprint density at radius 3 is 2.85 bits per heavy atom. The summed E-state index contributed by atoms with van der Waals surface area (Å²) in [4.78, 5) is 16.1. The van der Waals surface area contributed by atoms with Crippen LogP contribution in [0.5, 0.6) is 5.88 Å². The van der Waals surface area contributed by atoms with Crippen molar-refractivity contribution in [2.24, 2.45) is 5.92 Å². The van der Waals surface area contributed by atoms with Crippen molar-refractivity contribution in [3.05, 3.63) is 42.4 Å². The van der Waals surface area contributed by atoms with Crippen LogP contribution in [0.3, 0.4) is 0 Å². The summed E-state index contributed by atoms with van der Waals surface area (Å²) in [7, 11) is 0. The van der Waals surface area contributed by atoms with Crippen LogP contribution in [0.4, 0.5) is 17.3 Å². The average Bonchev–Trinajstić information content (AvgIpc) is 3.67. The molecule has 0 bridgehead atoms. The van der Waals surface area contributed by atoms with Gasteiger partial charge in [0.15, 0.2) is 5.82 Å². The van der Waals surface area contributed by atoms with Crippen molar-refractivity contribution in [2.75, 3.05) is 56.6 Å². The maximum Gasteiger partial charge on any atom is 0.237 e. The topological polar surface area (TPSA) is 84.4 Å². The highest BCUT2D eigenvalue weighted by Crippen LogP contribution is 2.30. The molecule has 1 aromatic carbocycles. The van der Waals surface area contributed by atoms with E-state index in [-0.39, 0.29) is 0 Å². The molecule has 2 aromatic heterocycles. The fourth-order valence-electron chi connectivity index (χ4n) is 3.99. The largest absolute Gasteiger partial charge is 0.476 e. The fourth-order valence-corrected chi connectivity index (χ4v) is 3.99. The predicted octanol–water partition coefficient (Wildman–Crippen LogP) is 4.00. The van der Waals surface area contributed by atoms with Crippen LogP contribution in [0.15, 0.2) is 36.7 Å². The number of rotatable bonds is 10. The van der Waals surface area contributed by atoms with E-state index in [1.165, 1.54) is 12.8 Å². The number of morpholine rings is 1. The van der Waals surface area contributed by atoms with E-state index in [0.29, 0.717) is 17.6 Å². The first-order valence-electron chi connectivity index (χ1n) is 11.9. The molecule has 1 aliphatic carbocycles. The molecule has 2 N–H and O–H groups in total. The highest BCUT2D eigenvalue weighted by Gasteiger charge is 2.22. The second-order valence-corrected chi connectivity index (χ2v) is 8.86. The van der Waals surface area contributed by atoms with Crippen molar-refractivity contribution in [3.8, 4) is 5.88 Å². The smallest absolute Gasteiger partial charge is 0.237 e. The lowest BCUT2D eigenvalue weighted by Crippen LogP contribution is -2.37. The summed E-state index contributed by atoms with van der Waals surface area (Å²) >= 11 is 0. The van der Waals surface area contributed by atoms with Gasteiger partial charge in [-0.25, -0.2) is 4.98 Å². The summed E-state index contributed by atoms with van der Waals surface area (Å²) in [5.41, 5.74) is 1.91. The molecule has 0 radical (unpaired) electrons. The SMILES string of the molecule is Cc1ncc(Nc2cc3cccc(NCCCN4CCOCC4)c3cn2)nc1OCC1CC1. The highest BCUT2D eigenvalue weighted by atomic mass is 16.5. The minimum atomic E-state index is 0.594. The van der Waals surface area contributed by atoms with E-state index >= 15 is 0 Å². The molecule has 2 aliphatic rings. The van der Waals surface area contributed by atoms with Gasteiger partial charge in [-0.2, -0.15) is 4.98 Å². The van der Waals surface area contributed by atoms with Crippen LogP contribution in [0.25, 0.3) is 10.8 Å². The van der Waals surface area contributed by atoms with Crippen LogP contribution in [-0.4, -0.2) is 65.9 Å². The summed E-state index contributed by atoms with van der Waals surface area (Å²) in [5.74, 6) is 2.64. The van der Waals surface area contributed by atoms with Gasteiger partial charge in [0.25, 0.3) is 0 Å². The standard InChI is InChI=1S/C25H32N6O2/c1-18-25(33-17-19-6-7-19)30-24(16-27-18)29-23-14-20-4-2-5-22(21(20)15-28-23)26-8-3-9-31-10-12-32-13-11-31/h2,4-5,14-16,19,26H,3,6-13,17H2,1H3,(H,28,29,30). The molecule has 8 heteroatoms. The third kappa shape index (κ3) is 5.89. The summed E-state index contributed by atoms with van der Waals surface area (Å²) in [6.45, 7) is 8.43. The molecular weight excluding hydrogens is 416 g/mol. The molecule has 1 aliphatic heterocycles. The Balaban J connectivity index is 1.21. The van der Waals surface area contributed by atoms with Crippen LogP contribution in [0.2, 0.25) is 0 Å². The Morgan fingerprint density at radius 2 is 2.00 bits per heavy atom. The Hall–Kier alpha value is -2.97. The number of ether oxygens (including phenoxy) is 2. The first kappa shape index (κ1) is 21.9. The first-order valence-corrected chi connectivity index (χ1v) is 11.9. The minimum Gasteiger partial charge on any atom is -0.476 e. The number of aromatic nitrogens is 3. The molecule has 0 spiro atoms. The van der Waals surface area contributed by atoms with E-state index in [0.717, 1.165) is 80.4 Å². The van der Waals surface area contributed by atoms with Gasteiger partial charge in [0.05, 0.1) is 31.7 Å². The molecule has 3 heterocycles. The first-order chi connectivity index (χ1) is 16.2. The van der Waals surface area contributed by atoms with Gasteiger partial charge in [-0.1, -0.05) is 12.1 Å². The quantitative estimate of drug-likeness (QED) is 0.450. The number of pyridine rings is 1. The molecule has 0 amide bonds. The number of nitrogens with zero attached hydrogens (tertiary/aromatic N) is 4. The molecule has 0 unspecified atom stereocenters. The van der Waals surface area contributed by atoms with Crippen LogP contribution in [0, 0.1) is 12.8 Å². The molecule has 174 valence electrons. The fraction of sp³-hybridized carbons (Fsp3) is 0.480. The molecule has 1 saturated heterocycles. The van der Waals surface area contributed by atoms with E-state index in [1.807, 2.05) is 19.2 Å². The van der Waals surface area contributed by atoms with E-state index < -0.39 is 0 Å². The lowest BCUT2D eigenvalue weighted by molar-refractivity contribution is 0.0378. The molecular formula is C25H32N6O2. The lowest BCUT2D eigenvalue weighted by atomic mass is 10.1. The van der Waals surface area contributed by atoms with E-state index in [4.69, 9.17) is 9.47 Å². The normalized spacial score (nSPS) is 16.6. The molecule has 5 rings (SSSR count). The number of anilines is 3. The summed E-state index contributed by atoms with van der Waals surface area (Å²) in [6.07, 6.45) is 7.22. The monoisotopic (exact) mass is 448 g/mol. The summed E-state index contributed by atoms with van der Waals surface area (Å²) < 4.78 is 11.3. The molecule has 0 atom stereocenters. The van der Waals surface area contributed by atoms with Crippen molar-refractivity contribution in [1.82, 2.24) is 19.9 Å². The number of nitrogens with one attached hydrogen (secondary N) is 2. The molecule has 33 heavy (non-hydrogen) atoms. The van der Waals surface area contributed by atoms with E-state index in [9.17, 15) is 0 Å². The maximum atomic E-state index is 5.86. The number of hydrogen-bond acceptors (Lipinski definition) is 8. The number of benzene rings is 1. The van der Waals surface area contributed by atoms with E-state index in [2.05, 4.69) is 48.7 Å². The van der Waals surface area contributed by atoms with Gasteiger partial charge in [0, 0.05) is 36.9 Å². The van der Waals surface area contributed by atoms with Crippen molar-refractivity contribution in [1.29, 1.82) is 0 Å². The Bertz CT molecular complexity index is 1080. The maximum absolute atomic E-state index is 5.86. The van der Waals surface area contributed by atoms with Gasteiger partial charge >= 0.3 is 0 Å². The predicted molar refractivity (Wildman–Crippen MR) is 130 cm³/mol. The molecule has 1 saturated carbocycles. The number of hydrogen-bond donors (Lipinski definition) is 2. The van der Waals surface area contributed by atoms with Crippen molar-refractivity contribution < 1.29 is 9.47 Å². The molecule has 2 fully saturated rings. The highest BCUT2D eigenvalue weighted by molar-refractivity contribution is 5.94.